The number of nitrogens with one attached hydrogen (secondary N) is 1. The summed E-state index contributed by atoms with van der Waals surface area (Å²) in [5, 5.41) is 2.89. The molecule has 0 fully saturated rings. The molecule has 1 amide bonds. The predicted octanol–water partition coefficient (Wildman–Crippen LogP) is 2.62. The standard InChI is InChI=1S/C15H23NO3/c1-5-14(15(17)16-10-11(2)3)19-13-8-6-12(18-4)7-9-13/h6-9,11,14H,5,10H2,1-4H3,(H,16,17)/t14-/m0/s1. The number of benzene rings is 1. The van der Waals surface area contributed by atoms with Gasteiger partial charge in [-0.2, -0.15) is 0 Å². The van der Waals surface area contributed by atoms with Crippen LogP contribution < -0.4 is 14.8 Å². The van der Waals surface area contributed by atoms with Crippen molar-refractivity contribution in [1.29, 1.82) is 0 Å². The number of carbonyl (C=O) groups is 1. The fourth-order valence-electron chi connectivity index (χ4n) is 1.56. The van der Waals surface area contributed by atoms with Crippen LogP contribution in [0.4, 0.5) is 0 Å². The van der Waals surface area contributed by atoms with Gasteiger partial charge in [0.25, 0.3) is 5.91 Å². The molecular weight excluding hydrogens is 242 g/mol. The minimum Gasteiger partial charge on any atom is -0.497 e. The average molecular weight is 265 g/mol. The Bertz CT molecular complexity index is 387. The second-order valence-corrected chi connectivity index (χ2v) is 4.83. The first kappa shape index (κ1) is 15.3. The van der Waals surface area contributed by atoms with E-state index in [9.17, 15) is 4.79 Å². The van der Waals surface area contributed by atoms with E-state index in [1.54, 1.807) is 19.2 Å². The van der Waals surface area contributed by atoms with E-state index >= 15 is 0 Å². The Kier molecular flexibility index (Phi) is 6.19. The number of ether oxygens (including phenoxy) is 2. The molecule has 4 heteroatoms. The smallest absolute Gasteiger partial charge is 0.261 e. The van der Waals surface area contributed by atoms with Gasteiger partial charge in [0.2, 0.25) is 0 Å². The highest BCUT2D eigenvalue weighted by atomic mass is 16.5. The Morgan fingerprint density at radius 1 is 1.21 bits per heavy atom. The first-order valence-corrected chi connectivity index (χ1v) is 6.65. The van der Waals surface area contributed by atoms with E-state index in [0.717, 1.165) is 5.75 Å². The van der Waals surface area contributed by atoms with E-state index < -0.39 is 6.10 Å². The molecular formula is C15H23NO3. The van der Waals surface area contributed by atoms with Gasteiger partial charge >= 0.3 is 0 Å². The van der Waals surface area contributed by atoms with Crippen molar-refractivity contribution in [3.63, 3.8) is 0 Å². The molecule has 1 rings (SSSR count). The molecule has 0 heterocycles. The SMILES string of the molecule is CC[C@H](Oc1ccc(OC)cc1)C(=O)NCC(C)C. The molecule has 1 aromatic rings. The van der Waals surface area contributed by atoms with Crippen molar-refractivity contribution in [2.75, 3.05) is 13.7 Å². The molecule has 1 aromatic carbocycles. The quantitative estimate of drug-likeness (QED) is 0.824. The second-order valence-electron chi connectivity index (χ2n) is 4.83. The molecule has 0 saturated carbocycles. The van der Waals surface area contributed by atoms with Crippen molar-refractivity contribution in [3.05, 3.63) is 24.3 Å². The van der Waals surface area contributed by atoms with Crippen molar-refractivity contribution >= 4 is 5.91 Å². The molecule has 0 aromatic heterocycles. The summed E-state index contributed by atoms with van der Waals surface area (Å²) in [6.07, 6.45) is 0.183. The third-order valence-corrected chi connectivity index (χ3v) is 2.69. The van der Waals surface area contributed by atoms with Crippen LogP contribution in [0.5, 0.6) is 11.5 Å². The summed E-state index contributed by atoms with van der Waals surface area (Å²) >= 11 is 0. The van der Waals surface area contributed by atoms with Crippen molar-refractivity contribution < 1.29 is 14.3 Å². The van der Waals surface area contributed by atoms with Gasteiger partial charge in [0.05, 0.1) is 7.11 Å². The minimum absolute atomic E-state index is 0.0629. The molecule has 1 N–H and O–H groups in total. The lowest BCUT2D eigenvalue weighted by molar-refractivity contribution is -0.128. The van der Waals surface area contributed by atoms with Gasteiger partial charge in [0, 0.05) is 6.54 Å². The third kappa shape index (κ3) is 5.20. The Labute approximate surface area is 115 Å². The van der Waals surface area contributed by atoms with Crippen LogP contribution in [0, 0.1) is 5.92 Å². The Morgan fingerprint density at radius 3 is 2.26 bits per heavy atom. The number of rotatable bonds is 7. The van der Waals surface area contributed by atoms with Crippen molar-refractivity contribution in [2.24, 2.45) is 5.92 Å². The van der Waals surface area contributed by atoms with Crippen LogP contribution >= 0.6 is 0 Å². The molecule has 0 unspecified atom stereocenters. The summed E-state index contributed by atoms with van der Waals surface area (Å²) in [5.74, 6) is 1.81. The van der Waals surface area contributed by atoms with Gasteiger partial charge in [-0.25, -0.2) is 0 Å². The maximum absolute atomic E-state index is 11.9. The van der Waals surface area contributed by atoms with Crippen molar-refractivity contribution in [1.82, 2.24) is 5.32 Å². The lowest BCUT2D eigenvalue weighted by atomic mass is 10.2. The molecule has 0 aliphatic rings. The van der Waals surface area contributed by atoms with Crippen LogP contribution in [0.15, 0.2) is 24.3 Å². The highest BCUT2D eigenvalue weighted by molar-refractivity contribution is 5.81. The van der Waals surface area contributed by atoms with Crippen molar-refractivity contribution in [3.8, 4) is 11.5 Å². The summed E-state index contributed by atoms with van der Waals surface area (Å²) in [4.78, 5) is 11.9. The zero-order valence-electron chi connectivity index (χ0n) is 12.1. The first-order chi connectivity index (χ1) is 9.06. The highest BCUT2D eigenvalue weighted by Gasteiger charge is 2.18. The minimum atomic E-state index is -0.452. The molecule has 1 atom stereocenters. The van der Waals surface area contributed by atoms with E-state index in [0.29, 0.717) is 24.6 Å². The van der Waals surface area contributed by atoms with Crippen molar-refractivity contribution in [2.45, 2.75) is 33.3 Å². The normalized spacial score (nSPS) is 12.1. The lowest BCUT2D eigenvalue weighted by Crippen LogP contribution is -2.39. The third-order valence-electron chi connectivity index (χ3n) is 2.69. The van der Waals surface area contributed by atoms with Crippen LogP contribution in [-0.4, -0.2) is 25.7 Å². The second kappa shape index (κ2) is 7.67. The molecule has 0 spiro atoms. The maximum Gasteiger partial charge on any atom is 0.261 e. The number of hydrogen-bond donors (Lipinski definition) is 1. The lowest BCUT2D eigenvalue weighted by Gasteiger charge is -2.18. The van der Waals surface area contributed by atoms with Gasteiger partial charge in [0.1, 0.15) is 11.5 Å². The number of carbonyl (C=O) groups excluding carboxylic acids is 1. The van der Waals surface area contributed by atoms with Gasteiger partial charge in [-0.1, -0.05) is 20.8 Å². The van der Waals surface area contributed by atoms with E-state index in [2.05, 4.69) is 19.2 Å². The zero-order valence-corrected chi connectivity index (χ0v) is 12.1. The Hall–Kier alpha value is -1.71. The monoisotopic (exact) mass is 265 g/mol. The van der Waals surface area contributed by atoms with Gasteiger partial charge in [-0.3, -0.25) is 4.79 Å². The molecule has 0 aliphatic carbocycles. The molecule has 0 saturated heterocycles. The zero-order chi connectivity index (χ0) is 14.3. The van der Waals surface area contributed by atoms with Crippen LogP contribution in [-0.2, 0) is 4.79 Å². The molecule has 106 valence electrons. The summed E-state index contributed by atoms with van der Waals surface area (Å²) < 4.78 is 10.8. The fraction of sp³-hybridized carbons (Fsp3) is 0.533. The molecule has 4 nitrogen and oxygen atoms in total. The van der Waals surface area contributed by atoms with Crippen LogP contribution in [0.1, 0.15) is 27.2 Å². The largest absolute Gasteiger partial charge is 0.497 e. The van der Waals surface area contributed by atoms with E-state index in [4.69, 9.17) is 9.47 Å². The maximum atomic E-state index is 11.9. The van der Waals surface area contributed by atoms with Gasteiger partial charge in [-0.05, 0) is 36.6 Å². The summed E-state index contributed by atoms with van der Waals surface area (Å²) in [5.41, 5.74) is 0. The van der Waals surface area contributed by atoms with Crippen LogP contribution in [0.3, 0.4) is 0 Å². The number of methoxy groups -OCH3 is 1. The van der Waals surface area contributed by atoms with Gasteiger partial charge in [-0.15, -0.1) is 0 Å². The molecule has 0 bridgehead atoms. The summed E-state index contributed by atoms with van der Waals surface area (Å²) in [7, 11) is 1.62. The van der Waals surface area contributed by atoms with Crippen LogP contribution in [0.2, 0.25) is 0 Å². The van der Waals surface area contributed by atoms with E-state index in [-0.39, 0.29) is 5.91 Å². The Balaban J connectivity index is 2.57. The molecule has 0 aliphatic heterocycles. The summed E-state index contributed by atoms with van der Waals surface area (Å²) in [6.45, 7) is 6.72. The topological polar surface area (TPSA) is 47.6 Å². The van der Waals surface area contributed by atoms with E-state index in [1.807, 2.05) is 19.1 Å². The first-order valence-electron chi connectivity index (χ1n) is 6.65. The number of amides is 1. The van der Waals surface area contributed by atoms with Gasteiger partial charge < -0.3 is 14.8 Å². The Morgan fingerprint density at radius 2 is 1.79 bits per heavy atom. The highest BCUT2D eigenvalue weighted by Crippen LogP contribution is 2.18. The molecule has 19 heavy (non-hydrogen) atoms. The fourth-order valence-corrected chi connectivity index (χ4v) is 1.56. The van der Waals surface area contributed by atoms with Crippen LogP contribution in [0.25, 0.3) is 0 Å². The molecule has 0 radical (unpaired) electrons. The number of hydrogen-bond acceptors (Lipinski definition) is 3. The average Bonchev–Trinajstić information content (AvgIpc) is 2.42. The van der Waals surface area contributed by atoms with Gasteiger partial charge in [0.15, 0.2) is 6.10 Å². The van der Waals surface area contributed by atoms with E-state index in [1.165, 1.54) is 0 Å². The summed E-state index contributed by atoms with van der Waals surface area (Å²) in [6, 6.07) is 7.23. The predicted molar refractivity (Wildman–Crippen MR) is 75.5 cm³/mol.